The van der Waals surface area contributed by atoms with E-state index < -0.39 is 11.9 Å². The van der Waals surface area contributed by atoms with Crippen LogP contribution in [0.5, 0.6) is 0 Å². The Bertz CT molecular complexity index is 634. The second-order valence-electron chi connectivity index (χ2n) is 4.52. The minimum Gasteiger partial charge on any atom is -0.478 e. The van der Waals surface area contributed by atoms with Gasteiger partial charge in [-0.3, -0.25) is 9.48 Å². The molecule has 6 nitrogen and oxygen atoms in total. The quantitative estimate of drug-likeness (QED) is 0.913. The Labute approximate surface area is 116 Å². The maximum atomic E-state index is 12.3. The summed E-state index contributed by atoms with van der Waals surface area (Å²) in [6.45, 7) is 0.398. The highest BCUT2D eigenvalue weighted by molar-refractivity contribution is 6.03. The molecule has 0 aliphatic carbocycles. The van der Waals surface area contributed by atoms with Crippen molar-refractivity contribution in [2.75, 3.05) is 7.05 Å². The van der Waals surface area contributed by atoms with Crippen molar-refractivity contribution in [2.45, 2.75) is 6.54 Å². The average molecular weight is 273 g/mol. The van der Waals surface area contributed by atoms with Crippen LogP contribution in [0.25, 0.3) is 0 Å². The molecule has 0 bridgehead atoms. The number of hydrogen-bond donors (Lipinski definition) is 1. The molecule has 1 N–H and O–H groups in total. The normalized spacial score (nSPS) is 10.3. The van der Waals surface area contributed by atoms with Gasteiger partial charge in [0.1, 0.15) is 5.56 Å². The van der Waals surface area contributed by atoms with Crippen LogP contribution in [0.15, 0.2) is 36.5 Å². The molecule has 1 heterocycles. The Hall–Kier alpha value is -2.63. The fraction of sp³-hybridized carbons (Fsp3) is 0.214. The van der Waals surface area contributed by atoms with Crippen molar-refractivity contribution in [3.63, 3.8) is 0 Å². The zero-order valence-electron chi connectivity index (χ0n) is 11.3. The predicted octanol–water partition coefficient (Wildman–Crippen LogP) is 1.39. The van der Waals surface area contributed by atoms with Gasteiger partial charge in [-0.25, -0.2) is 4.79 Å². The molecule has 0 aliphatic rings. The number of aromatic nitrogens is 2. The van der Waals surface area contributed by atoms with Gasteiger partial charge < -0.3 is 10.0 Å². The van der Waals surface area contributed by atoms with Gasteiger partial charge in [0, 0.05) is 26.8 Å². The summed E-state index contributed by atoms with van der Waals surface area (Å²) in [5.74, 6) is -1.57. The van der Waals surface area contributed by atoms with Crippen LogP contribution >= 0.6 is 0 Å². The molecule has 0 spiro atoms. The molecule has 20 heavy (non-hydrogen) atoms. The summed E-state index contributed by atoms with van der Waals surface area (Å²) < 4.78 is 1.33. The van der Waals surface area contributed by atoms with Gasteiger partial charge in [0.15, 0.2) is 5.69 Å². The number of carbonyl (C=O) groups excluding carboxylic acids is 1. The Kier molecular flexibility index (Phi) is 3.84. The second kappa shape index (κ2) is 5.56. The van der Waals surface area contributed by atoms with Crippen LogP contribution < -0.4 is 0 Å². The van der Waals surface area contributed by atoms with Crippen molar-refractivity contribution in [3.8, 4) is 0 Å². The first-order valence-electron chi connectivity index (χ1n) is 6.05. The number of rotatable bonds is 4. The highest BCUT2D eigenvalue weighted by atomic mass is 16.4. The first-order valence-corrected chi connectivity index (χ1v) is 6.05. The highest BCUT2D eigenvalue weighted by Crippen LogP contribution is 2.11. The van der Waals surface area contributed by atoms with Crippen LogP contribution in [0.2, 0.25) is 0 Å². The smallest absolute Gasteiger partial charge is 0.339 e. The second-order valence-corrected chi connectivity index (χ2v) is 4.52. The Morgan fingerprint density at radius 1 is 1.30 bits per heavy atom. The van der Waals surface area contributed by atoms with E-state index in [1.54, 1.807) is 14.1 Å². The van der Waals surface area contributed by atoms with Crippen molar-refractivity contribution in [1.29, 1.82) is 0 Å². The van der Waals surface area contributed by atoms with E-state index in [0.717, 1.165) is 5.56 Å². The first-order chi connectivity index (χ1) is 9.49. The molecule has 0 unspecified atom stereocenters. The molecule has 104 valence electrons. The summed E-state index contributed by atoms with van der Waals surface area (Å²) in [5.41, 5.74) is 0.840. The standard InChI is InChI=1S/C14H15N3O3/c1-16(8-10-6-4-3-5-7-10)13(18)12-11(14(19)20)9-17(2)15-12/h3-7,9H,8H2,1-2H3,(H,19,20). The van der Waals surface area contributed by atoms with E-state index in [-0.39, 0.29) is 11.3 Å². The predicted molar refractivity (Wildman–Crippen MR) is 72.4 cm³/mol. The van der Waals surface area contributed by atoms with Crippen LogP contribution in [0.3, 0.4) is 0 Å². The molecule has 0 atom stereocenters. The van der Waals surface area contributed by atoms with E-state index >= 15 is 0 Å². The lowest BCUT2D eigenvalue weighted by molar-refractivity contribution is 0.0680. The molecule has 6 heteroatoms. The third-order valence-corrected chi connectivity index (χ3v) is 2.87. The maximum Gasteiger partial charge on any atom is 0.339 e. The first kappa shape index (κ1) is 13.8. The number of hydrogen-bond acceptors (Lipinski definition) is 3. The number of benzene rings is 1. The summed E-state index contributed by atoms with van der Waals surface area (Å²) in [6, 6.07) is 9.47. The van der Waals surface area contributed by atoms with Crippen LogP contribution in [-0.2, 0) is 13.6 Å². The van der Waals surface area contributed by atoms with Crippen LogP contribution in [0.4, 0.5) is 0 Å². The molecule has 0 fully saturated rings. The number of carboxylic acids is 1. The van der Waals surface area contributed by atoms with E-state index in [4.69, 9.17) is 5.11 Å². The molecular weight excluding hydrogens is 258 g/mol. The van der Waals surface area contributed by atoms with Gasteiger partial charge in [-0.1, -0.05) is 30.3 Å². The topological polar surface area (TPSA) is 75.4 Å². The fourth-order valence-corrected chi connectivity index (χ4v) is 1.91. The molecule has 2 rings (SSSR count). The summed E-state index contributed by atoms with van der Waals surface area (Å²) in [6.07, 6.45) is 1.33. The van der Waals surface area contributed by atoms with E-state index in [1.807, 2.05) is 30.3 Å². The lowest BCUT2D eigenvalue weighted by atomic mass is 10.2. The Morgan fingerprint density at radius 2 is 1.95 bits per heavy atom. The van der Waals surface area contributed by atoms with Crippen molar-refractivity contribution < 1.29 is 14.7 Å². The van der Waals surface area contributed by atoms with Gasteiger partial charge >= 0.3 is 5.97 Å². The van der Waals surface area contributed by atoms with E-state index in [0.29, 0.717) is 6.54 Å². The number of nitrogens with zero attached hydrogens (tertiary/aromatic N) is 3. The lowest BCUT2D eigenvalue weighted by Crippen LogP contribution is -2.28. The van der Waals surface area contributed by atoms with Gasteiger partial charge in [-0.05, 0) is 5.56 Å². The molecule has 1 aromatic carbocycles. The molecule has 0 radical (unpaired) electrons. The number of carboxylic acid groups (broad SMARTS) is 1. The molecule has 2 aromatic rings. The van der Waals surface area contributed by atoms with Gasteiger partial charge in [0.2, 0.25) is 0 Å². The maximum absolute atomic E-state index is 12.3. The minimum absolute atomic E-state index is 0.0431. The third kappa shape index (κ3) is 2.85. The van der Waals surface area contributed by atoms with E-state index in [2.05, 4.69) is 5.10 Å². The number of aromatic carboxylic acids is 1. The van der Waals surface area contributed by atoms with Crippen molar-refractivity contribution in [2.24, 2.45) is 7.05 Å². The number of aryl methyl sites for hydroxylation is 1. The van der Waals surface area contributed by atoms with E-state index in [1.165, 1.54) is 15.8 Å². The van der Waals surface area contributed by atoms with E-state index in [9.17, 15) is 9.59 Å². The molecule has 0 aliphatic heterocycles. The number of carbonyl (C=O) groups is 2. The minimum atomic E-state index is -1.16. The molecule has 0 saturated heterocycles. The van der Waals surface area contributed by atoms with Gasteiger partial charge in [-0.15, -0.1) is 0 Å². The Balaban J connectivity index is 2.21. The SMILES string of the molecule is CN(Cc1ccccc1)C(=O)c1nn(C)cc1C(=O)O. The van der Waals surface area contributed by atoms with Gasteiger partial charge in [0.25, 0.3) is 5.91 Å². The van der Waals surface area contributed by atoms with Crippen LogP contribution in [0, 0.1) is 0 Å². The monoisotopic (exact) mass is 273 g/mol. The fourth-order valence-electron chi connectivity index (χ4n) is 1.91. The largest absolute Gasteiger partial charge is 0.478 e. The number of amides is 1. The summed E-state index contributed by atoms with van der Waals surface area (Å²) in [5, 5.41) is 13.0. The molecule has 1 amide bonds. The third-order valence-electron chi connectivity index (χ3n) is 2.87. The van der Waals surface area contributed by atoms with Crippen molar-refractivity contribution >= 4 is 11.9 Å². The molecule has 0 saturated carbocycles. The van der Waals surface area contributed by atoms with Crippen LogP contribution in [-0.4, -0.2) is 38.7 Å². The van der Waals surface area contributed by atoms with Crippen LogP contribution in [0.1, 0.15) is 26.4 Å². The lowest BCUT2D eigenvalue weighted by Gasteiger charge is -2.16. The van der Waals surface area contributed by atoms with Gasteiger partial charge in [-0.2, -0.15) is 5.10 Å². The zero-order valence-corrected chi connectivity index (χ0v) is 11.3. The summed E-state index contributed by atoms with van der Waals surface area (Å²) in [7, 11) is 3.20. The molecular formula is C14H15N3O3. The summed E-state index contributed by atoms with van der Waals surface area (Å²) >= 11 is 0. The van der Waals surface area contributed by atoms with Gasteiger partial charge in [0.05, 0.1) is 0 Å². The molecule has 1 aromatic heterocycles. The van der Waals surface area contributed by atoms with Crippen molar-refractivity contribution in [1.82, 2.24) is 14.7 Å². The zero-order chi connectivity index (χ0) is 14.7. The van der Waals surface area contributed by atoms with Crippen molar-refractivity contribution in [3.05, 3.63) is 53.3 Å². The Morgan fingerprint density at radius 3 is 2.55 bits per heavy atom. The highest BCUT2D eigenvalue weighted by Gasteiger charge is 2.23. The summed E-state index contributed by atoms with van der Waals surface area (Å²) in [4.78, 5) is 24.8. The average Bonchev–Trinajstić information content (AvgIpc) is 2.81.